The van der Waals surface area contributed by atoms with Crippen molar-refractivity contribution in [2.45, 2.75) is 46.6 Å². The van der Waals surface area contributed by atoms with Crippen molar-refractivity contribution < 1.29 is 4.79 Å². The fourth-order valence-corrected chi connectivity index (χ4v) is 2.94. The Balaban J connectivity index is 1.82. The van der Waals surface area contributed by atoms with Crippen LogP contribution in [0.5, 0.6) is 0 Å². The van der Waals surface area contributed by atoms with Crippen LogP contribution in [0.15, 0.2) is 12.1 Å². The third-order valence-electron chi connectivity index (χ3n) is 4.04. The van der Waals surface area contributed by atoms with Crippen molar-refractivity contribution >= 4 is 17.7 Å². The number of anilines is 2. The van der Waals surface area contributed by atoms with Crippen molar-refractivity contribution in [3.8, 4) is 0 Å². The molecule has 0 bridgehead atoms. The number of aromatic nitrogens is 4. The quantitative estimate of drug-likeness (QED) is 0.913. The van der Waals surface area contributed by atoms with Crippen molar-refractivity contribution in [1.29, 1.82) is 0 Å². The molecule has 0 radical (unpaired) electrons. The molecule has 7 heteroatoms. The number of hydrogen-bond donors (Lipinski definition) is 1. The number of carbonyl (C=O) groups is 1. The van der Waals surface area contributed by atoms with E-state index in [0.29, 0.717) is 17.5 Å². The Morgan fingerprint density at radius 3 is 2.62 bits per heavy atom. The summed E-state index contributed by atoms with van der Waals surface area (Å²) < 4.78 is 1.82. The Morgan fingerprint density at radius 2 is 1.92 bits per heavy atom. The zero-order chi connectivity index (χ0) is 17.1. The first-order chi connectivity index (χ1) is 11.6. The summed E-state index contributed by atoms with van der Waals surface area (Å²) in [5.41, 5.74) is 2.08. The predicted octanol–water partition coefficient (Wildman–Crippen LogP) is 2.55. The highest BCUT2D eigenvalue weighted by Gasteiger charge is 2.19. The molecule has 0 aliphatic carbocycles. The topological polar surface area (TPSA) is 75.9 Å². The molecule has 1 aliphatic heterocycles. The average Bonchev–Trinajstić information content (AvgIpc) is 3.17. The molecule has 0 atom stereocenters. The second-order valence-electron chi connectivity index (χ2n) is 6.24. The molecule has 0 unspecified atom stereocenters. The van der Waals surface area contributed by atoms with Gasteiger partial charge < -0.3 is 10.2 Å². The molecule has 1 saturated heterocycles. The monoisotopic (exact) mass is 328 g/mol. The zero-order valence-electron chi connectivity index (χ0n) is 14.5. The molecular formula is C17H24N6O. The fourth-order valence-electron chi connectivity index (χ4n) is 2.94. The third-order valence-corrected chi connectivity index (χ3v) is 4.04. The number of nitrogens with one attached hydrogen (secondary N) is 1. The maximum absolute atomic E-state index is 12.6. The van der Waals surface area contributed by atoms with Crippen molar-refractivity contribution in [1.82, 2.24) is 19.7 Å². The third kappa shape index (κ3) is 3.55. The van der Waals surface area contributed by atoms with E-state index < -0.39 is 0 Å². The molecule has 1 amide bonds. The standard InChI is InChI=1S/C17H24N6O/c1-4-7-23-15(11-13(3)21-23)20-16(24)14-10-12(2)18-17(19-14)22-8-5-6-9-22/h10-11H,4-9H2,1-3H3,(H,20,24). The highest BCUT2D eigenvalue weighted by molar-refractivity contribution is 6.02. The van der Waals surface area contributed by atoms with Gasteiger partial charge in [0.15, 0.2) is 0 Å². The van der Waals surface area contributed by atoms with Crippen LogP contribution >= 0.6 is 0 Å². The Bertz CT molecular complexity index is 733. The Labute approximate surface area is 142 Å². The van der Waals surface area contributed by atoms with E-state index >= 15 is 0 Å². The first-order valence-corrected chi connectivity index (χ1v) is 8.53. The van der Waals surface area contributed by atoms with E-state index in [9.17, 15) is 4.79 Å². The summed E-state index contributed by atoms with van der Waals surface area (Å²) in [6, 6.07) is 3.60. The number of hydrogen-bond acceptors (Lipinski definition) is 5. The normalized spacial score (nSPS) is 14.2. The zero-order valence-corrected chi connectivity index (χ0v) is 14.5. The Kier molecular flexibility index (Phi) is 4.78. The summed E-state index contributed by atoms with van der Waals surface area (Å²) in [7, 11) is 0. The van der Waals surface area contributed by atoms with E-state index in [-0.39, 0.29) is 5.91 Å². The molecule has 0 aromatic carbocycles. The highest BCUT2D eigenvalue weighted by atomic mass is 16.2. The van der Waals surface area contributed by atoms with Crippen LogP contribution in [0.4, 0.5) is 11.8 Å². The molecule has 0 spiro atoms. The van der Waals surface area contributed by atoms with Gasteiger partial charge in [0.2, 0.25) is 5.95 Å². The van der Waals surface area contributed by atoms with Crippen LogP contribution in [-0.2, 0) is 6.54 Å². The van der Waals surface area contributed by atoms with Gasteiger partial charge in [-0.25, -0.2) is 14.6 Å². The van der Waals surface area contributed by atoms with Crippen LogP contribution in [0.25, 0.3) is 0 Å². The highest BCUT2D eigenvalue weighted by Crippen LogP contribution is 2.18. The molecular weight excluding hydrogens is 304 g/mol. The van der Waals surface area contributed by atoms with E-state index in [1.54, 1.807) is 6.07 Å². The number of amides is 1. The maximum Gasteiger partial charge on any atom is 0.275 e. The van der Waals surface area contributed by atoms with Gasteiger partial charge in [0.05, 0.1) is 5.69 Å². The lowest BCUT2D eigenvalue weighted by Gasteiger charge is -2.16. The molecule has 3 rings (SSSR count). The van der Waals surface area contributed by atoms with Gasteiger partial charge in [0, 0.05) is 31.4 Å². The molecule has 3 heterocycles. The van der Waals surface area contributed by atoms with Crippen LogP contribution in [0.3, 0.4) is 0 Å². The van der Waals surface area contributed by atoms with Gasteiger partial charge in [-0.2, -0.15) is 5.10 Å². The molecule has 1 N–H and O–H groups in total. The molecule has 7 nitrogen and oxygen atoms in total. The number of aryl methyl sites for hydroxylation is 3. The van der Waals surface area contributed by atoms with Crippen LogP contribution in [0, 0.1) is 13.8 Å². The van der Waals surface area contributed by atoms with E-state index in [1.807, 2.05) is 24.6 Å². The van der Waals surface area contributed by atoms with Crippen LogP contribution < -0.4 is 10.2 Å². The van der Waals surface area contributed by atoms with E-state index in [1.165, 1.54) is 0 Å². The van der Waals surface area contributed by atoms with Crippen LogP contribution in [0.2, 0.25) is 0 Å². The molecule has 0 saturated carbocycles. The average molecular weight is 328 g/mol. The van der Waals surface area contributed by atoms with Gasteiger partial charge in [0.25, 0.3) is 5.91 Å². The van der Waals surface area contributed by atoms with E-state index in [0.717, 1.165) is 50.3 Å². The first-order valence-electron chi connectivity index (χ1n) is 8.53. The van der Waals surface area contributed by atoms with Crippen LogP contribution in [-0.4, -0.2) is 38.7 Å². The molecule has 2 aromatic rings. The van der Waals surface area contributed by atoms with E-state index in [2.05, 4.69) is 32.2 Å². The molecule has 24 heavy (non-hydrogen) atoms. The largest absolute Gasteiger partial charge is 0.341 e. The first kappa shape index (κ1) is 16.4. The molecule has 2 aromatic heterocycles. The Hall–Kier alpha value is -2.44. The lowest BCUT2D eigenvalue weighted by Crippen LogP contribution is -2.23. The van der Waals surface area contributed by atoms with Crippen molar-refractivity contribution in [3.63, 3.8) is 0 Å². The summed E-state index contributed by atoms with van der Waals surface area (Å²) in [5.74, 6) is 1.13. The second-order valence-corrected chi connectivity index (χ2v) is 6.24. The summed E-state index contributed by atoms with van der Waals surface area (Å²) in [5, 5.41) is 7.34. The number of rotatable bonds is 5. The number of carbonyl (C=O) groups excluding carboxylic acids is 1. The minimum Gasteiger partial charge on any atom is -0.341 e. The van der Waals surface area contributed by atoms with Gasteiger partial charge in [-0.05, 0) is 39.2 Å². The second kappa shape index (κ2) is 6.98. The summed E-state index contributed by atoms with van der Waals surface area (Å²) >= 11 is 0. The smallest absolute Gasteiger partial charge is 0.275 e. The lowest BCUT2D eigenvalue weighted by atomic mass is 10.3. The number of nitrogens with zero attached hydrogens (tertiary/aromatic N) is 5. The van der Waals surface area contributed by atoms with Crippen molar-refractivity contribution in [2.24, 2.45) is 0 Å². The van der Waals surface area contributed by atoms with Crippen LogP contribution in [0.1, 0.15) is 48.1 Å². The Morgan fingerprint density at radius 1 is 1.17 bits per heavy atom. The summed E-state index contributed by atoms with van der Waals surface area (Å²) in [6.07, 6.45) is 3.25. The molecule has 1 fully saturated rings. The molecule has 1 aliphatic rings. The maximum atomic E-state index is 12.6. The SMILES string of the molecule is CCCn1nc(C)cc1NC(=O)c1cc(C)nc(N2CCCC2)n1. The lowest BCUT2D eigenvalue weighted by molar-refractivity contribution is 0.102. The minimum atomic E-state index is -0.224. The summed E-state index contributed by atoms with van der Waals surface area (Å²) in [6.45, 7) is 8.57. The minimum absolute atomic E-state index is 0.224. The van der Waals surface area contributed by atoms with E-state index in [4.69, 9.17) is 0 Å². The molecule has 128 valence electrons. The van der Waals surface area contributed by atoms with Gasteiger partial charge in [-0.15, -0.1) is 0 Å². The van der Waals surface area contributed by atoms with Gasteiger partial charge in [0.1, 0.15) is 11.5 Å². The predicted molar refractivity (Wildman–Crippen MR) is 93.4 cm³/mol. The van der Waals surface area contributed by atoms with Gasteiger partial charge in [-0.1, -0.05) is 6.92 Å². The van der Waals surface area contributed by atoms with Crippen molar-refractivity contribution in [2.75, 3.05) is 23.3 Å². The van der Waals surface area contributed by atoms with Crippen molar-refractivity contribution in [3.05, 3.63) is 29.2 Å². The van der Waals surface area contributed by atoms with Gasteiger partial charge in [-0.3, -0.25) is 4.79 Å². The fraction of sp³-hybridized carbons (Fsp3) is 0.529. The van der Waals surface area contributed by atoms with Gasteiger partial charge >= 0.3 is 0 Å². The summed E-state index contributed by atoms with van der Waals surface area (Å²) in [4.78, 5) is 23.7.